The first kappa shape index (κ1) is 14.8. The first-order valence-corrected chi connectivity index (χ1v) is 5.30. The molecule has 2 nitrogen and oxygen atoms in total. The van der Waals surface area contributed by atoms with Crippen molar-refractivity contribution in [2.24, 2.45) is 5.92 Å². The predicted molar refractivity (Wildman–Crippen MR) is 63.6 cm³/mol. The number of nitrogens with one attached hydrogen (secondary N) is 1. The molecule has 2 atom stereocenters. The molecule has 1 aromatic rings. The van der Waals surface area contributed by atoms with E-state index in [4.69, 9.17) is 5.26 Å². The Morgan fingerprint density at radius 1 is 1.17 bits per heavy atom. The molecule has 0 bridgehead atoms. The molecule has 2 unspecified atom stereocenters. The number of hydrogen-bond acceptors (Lipinski definition) is 2. The highest BCUT2D eigenvalue weighted by Crippen LogP contribution is 2.39. The zero-order chi connectivity index (χ0) is 12.5. The molecule has 98 valence electrons. The van der Waals surface area contributed by atoms with Crippen molar-refractivity contribution in [3.63, 3.8) is 0 Å². The van der Waals surface area contributed by atoms with Gasteiger partial charge in [-0.1, -0.05) is 12.1 Å². The van der Waals surface area contributed by atoms with Gasteiger partial charge in [0.15, 0.2) is 0 Å². The number of halogens is 4. The van der Waals surface area contributed by atoms with E-state index in [-0.39, 0.29) is 19.0 Å². The second kappa shape index (κ2) is 5.59. The monoisotopic (exact) mass is 276 g/mol. The molecule has 1 fully saturated rings. The molecular weight excluding hydrogens is 265 g/mol. The molecule has 2 rings (SSSR count). The van der Waals surface area contributed by atoms with Gasteiger partial charge in [0.25, 0.3) is 0 Å². The standard InChI is InChI=1S/C12H11F3N2.ClH/c13-12(14,15)11-7-17-6-10(11)9-3-1-8(5-16)2-4-9;/h1-4,10-11,17H,6-7H2;1H. The molecule has 1 saturated heterocycles. The minimum absolute atomic E-state index is 0. The topological polar surface area (TPSA) is 35.8 Å². The summed E-state index contributed by atoms with van der Waals surface area (Å²) in [4.78, 5) is 0. The Bertz CT molecular complexity index is 436. The van der Waals surface area contributed by atoms with Gasteiger partial charge >= 0.3 is 6.18 Å². The van der Waals surface area contributed by atoms with Crippen molar-refractivity contribution < 1.29 is 13.2 Å². The molecule has 0 spiro atoms. The maximum Gasteiger partial charge on any atom is 0.393 e. The Balaban J connectivity index is 0.00000162. The second-order valence-corrected chi connectivity index (χ2v) is 4.15. The van der Waals surface area contributed by atoms with Gasteiger partial charge < -0.3 is 5.32 Å². The maximum atomic E-state index is 12.7. The predicted octanol–water partition coefficient (Wildman–Crippen LogP) is 2.85. The van der Waals surface area contributed by atoms with Crippen molar-refractivity contribution in [2.75, 3.05) is 13.1 Å². The van der Waals surface area contributed by atoms with Crippen molar-refractivity contribution in [2.45, 2.75) is 12.1 Å². The fourth-order valence-corrected chi connectivity index (χ4v) is 2.18. The van der Waals surface area contributed by atoms with E-state index >= 15 is 0 Å². The van der Waals surface area contributed by atoms with Crippen LogP contribution in [0.15, 0.2) is 24.3 Å². The van der Waals surface area contributed by atoms with E-state index in [1.54, 1.807) is 24.3 Å². The van der Waals surface area contributed by atoms with Crippen LogP contribution in [-0.4, -0.2) is 19.3 Å². The van der Waals surface area contributed by atoms with Crippen molar-refractivity contribution >= 4 is 12.4 Å². The lowest BCUT2D eigenvalue weighted by atomic mass is 9.88. The van der Waals surface area contributed by atoms with Crippen LogP contribution in [0.3, 0.4) is 0 Å². The summed E-state index contributed by atoms with van der Waals surface area (Å²) in [5.74, 6) is -1.89. The van der Waals surface area contributed by atoms with Gasteiger partial charge in [0.1, 0.15) is 0 Å². The highest BCUT2D eigenvalue weighted by molar-refractivity contribution is 5.85. The first-order chi connectivity index (χ1) is 8.02. The van der Waals surface area contributed by atoms with E-state index in [0.717, 1.165) is 0 Å². The number of nitriles is 1. The van der Waals surface area contributed by atoms with Crippen LogP contribution in [0.4, 0.5) is 13.2 Å². The summed E-state index contributed by atoms with van der Waals surface area (Å²) < 4.78 is 38.2. The number of rotatable bonds is 1. The van der Waals surface area contributed by atoms with E-state index in [1.807, 2.05) is 6.07 Å². The van der Waals surface area contributed by atoms with E-state index < -0.39 is 18.0 Å². The normalized spacial score (nSPS) is 23.2. The summed E-state index contributed by atoms with van der Waals surface area (Å²) in [6, 6.07) is 8.27. The molecule has 0 radical (unpaired) electrons. The highest BCUT2D eigenvalue weighted by Gasteiger charge is 2.47. The summed E-state index contributed by atoms with van der Waals surface area (Å²) in [6.07, 6.45) is -4.18. The van der Waals surface area contributed by atoms with Gasteiger partial charge in [0, 0.05) is 19.0 Å². The molecule has 18 heavy (non-hydrogen) atoms. The van der Waals surface area contributed by atoms with E-state index in [1.165, 1.54) is 0 Å². The lowest BCUT2D eigenvalue weighted by Gasteiger charge is -2.21. The minimum Gasteiger partial charge on any atom is -0.315 e. The maximum absolute atomic E-state index is 12.7. The molecule has 0 amide bonds. The third-order valence-electron chi connectivity index (χ3n) is 3.10. The van der Waals surface area contributed by atoms with E-state index in [0.29, 0.717) is 17.7 Å². The number of nitrogens with zero attached hydrogens (tertiary/aromatic N) is 1. The van der Waals surface area contributed by atoms with E-state index in [2.05, 4.69) is 5.32 Å². The molecule has 1 heterocycles. The van der Waals surface area contributed by atoms with Gasteiger partial charge in [-0.2, -0.15) is 18.4 Å². The average molecular weight is 277 g/mol. The van der Waals surface area contributed by atoms with Crippen molar-refractivity contribution in [3.05, 3.63) is 35.4 Å². The van der Waals surface area contributed by atoms with Gasteiger partial charge in [-0.05, 0) is 17.7 Å². The Kier molecular flexibility index (Phi) is 4.60. The Morgan fingerprint density at radius 2 is 1.78 bits per heavy atom. The van der Waals surface area contributed by atoms with Crippen LogP contribution >= 0.6 is 12.4 Å². The van der Waals surface area contributed by atoms with Crippen LogP contribution in [0.25, 0.3) is 0 Å². The quantitative estimate of drug-likeness (QED) is 0.856. The Hall–Kier alpha value is -1.25. The molecule has 0 aliphatic carbocycles. The summed E-state index contributed by atoms with van der Waals surface area (Å²) in [5, 5.41) is 11.4. The third-order valence-corrected chi connectivity index (χ3v) is 3.10. The second-order valence-electron chi connectivity index (χ2n) is 4.15. The molecule has 1 N–H and O–H groups in total. The molecule has 0 aromatic heterocycles. The van der Waals surface area contributed by atoms with Gasteiger partial charge in [0.05, 0.1) is 17.6 Å². The summed E-state index contributed by atoms with van der Waals surface area (Å²) in [6.45, 7) is 0.296. The molecule has 1 aromatic carbocycles. The summed E-state index contributed by atoms with van der Waals surface area (Å²) in [5.41, 5.74) is 1.10. The van der Waals surface area contributed by atoms with Crippen molar-refractivity contribution in [1.82, 2.24) is 5.32 Å². The van der Waals surface area contributed by atoms with Gasteiger partial charge in [0.2, 0.25) is 0 Å². The van der Waals surface area contributed by atoms with Crippen LogP contribution in [0.5, 0.6) is 0 Å². The van der Waals surface area contributed by atoms with Crippen molar-refractivity contribution in [1.29, 1.82) is 5.26 Å². The van der Waals surface area contributed by atoms with Gasteiger partial charge in [-0.25, -0.2) is 0 Å². The van der Waals surface area contributed by atoms with Crippen molar-refractivity contribution in [3.8, 4) is 6.07 Å². The van der Waals surface area contributed by atoms with E-state index in [9.17, 15) is 13.2 Å². The Labute approximate surface area is 109 Å². The van der Waals surface area contributed by atoms with Crippen LogP contribution < -0.4 is 5.32 Å². The summed E-state index contributed by atoms with van der Waals surface area (Å²) in [7, 11) is 0. The van der Waals surface area contributed by atoms with Gasteiger partial charge in [-0.15, -0.1) is 12.4 Å². The summed E-state index contributed by atoms with van der Waals surface area (Å²) >= 11 is 0. The minimum atomic E-state index is -4.18. The number of hydrogen-bond donors (Lipinski definition) is 1. The van der Waals surface area contributed by atoms with Crippen LogP contribution in [-0.2, 0) is 0 Å². The zero-order valence-corrected chi connectivity index (χ0v) is 10.2. The molecule has 6 heteroatoms. The van der Waals surface area contributed by atoms with Crippen LogP contribution in [0.2, 0.25) is 0 Å². The largest absolute Gasteiger partial charge is 0.393 e. The fraction of sp³-hybridized carbons (Fsp3) is 0.417. The highest BCUT2D eigenvalue weighted by atomic mass is 35.5. The average Bonchev–Trinajstić information content (AvgIpc) is 2.78. The Morgan fingerprint density at radius 3 is 2.28 bits per heavy atom. The fourth-order valence-electron chi connectivity index (χ4n) is 2.18. The van der Waals surface area contributed by atoms with Gasteiger partial charge in [-0.3, -0.25) is 0 Å². The molecular formula is C12H12ClF3N2. The van der Waals surface area contributed by atoms with Crippen LogP contribution in [0, 0.1) is 17.2 Å². The lowest BCUT2D eigenvalue weighted by Crippen LogP contribution is -2.28. The zero-order valence-electron chi connectivity index (χ0n) is 9.37. The molecule has 1 aliphatic heterocycles. The number of benzene rings is 1. The first-order valence-electron chi connectivity index (χ1n) is 5.30. The SMILES string of the molecule is Cl.N#Cc1ccc(C2CNCC2C(F)(F)F)cc1. The smallest absolute Gasteiger partial charge is 0.315 e. The number of alkyl halides is 3. The van der Waals surface area contributed by atoms with Crippen LogP contribution in [0.1, 0.15) is 17.0 Å². The lowest BCUT2D eigenvalue weighted by molar-refractivity contribution is -0.172. The molecule has 1 aliphatic rings. The molecule has 0 saturated carbocycles. The third kappa shape index (κ3) is 2.95.